The van der Waals surface area contributed by atoms with Crippen LogP contribution in [0.25, 0.3) is 5.57 Å². The molecule has 0 N–H and O–H groups in total. The topological polar surface area (TPSA) is 18.5 Å². The van der Waals surface area contributed by atoms with Crippen molar-refractivity contribution in [3.05, 3.63) is 48.4 Å². The smallest absolute Gasteiger partial charge is 0.0759 e. The Hall–Kier alpha value is -0.308. The molecule has 0 bridgehead atoms. The minimum absolute atomic E-state index is 0. The van der Waals surface area contributed by atoms with Gasteiger partial charge in [-0.2, -0.15) is 18.1 Å². The van der Waals surface area contributed by atoms with Crippen molar-refractivity contribution in [2.24, 2.45) is 0 Å². The van der Waals surface area contributed by atoms with Crippen molar-refractivity contribution in [1.29, 1.82) is 0 Å². The van der Waals surface area contributed by atoms with E-state index in [1.165, 1.54) is 69.8 Å². The number of rotatable bonds is 7. The molecular formula is C26H37O2P2Pd-. The van der Waals surface area contributed by atoms with E-state index in [1.54, 1.807) is 14.2 Å². The molecule has 3 aliphatic rings. The van der Waals surface area contributed by atoms with Gasteiger partial charge in [0.1, 0.15) is 0 Å². The first-order valence-corrected chi connectivity index (χ1v) is 13.9. The molecule has 0 spiro atoms. The Kier molecular flexibility index (Phi) is 9.99. The van der Waals surface area contributed by atoms with Gasteiger partial charge >= 0.3 is 0 Å². The van der Waals surface area contributed by atoms with Crippen molar-refractivity contribution >= 4 is 22.7 Å². The van der Waals surface area contributed by atoms with E-state index >= 15 is 0 Å². The molecule has 2 fully saturated rings. The Morgan fingerprint density at radius 1 is 0.839 bits per heavy atom. The first-order valence-electron chi connectivity index (χ1n) is 11.8. The van der Waals surface area contributed by atoms with Gasteiger partial charge in [0.15, 0.2) is 0 Å². The van der Waals surface area contributed by atoms with Crippen molar-refractivity contribution in [3.8, 4) is 11.5 Å². The predicted molar refractivity (Wildman–Crippen MR) is 134 cm³/mol. The molecule has 2 saturated carbocycles. The number of hydrogen-bond donors (Lipinski definition) is 0. The van der Waals surface area contributed by atoms with E-state index in [0.717, 1.165) is 45.5 Å². The fraction of sp³-hybridized carbons (Fsp3) is 0.577. The van der Waals surface area contributed by atoms with E-state index in [1.807, 2.05) is 6.07 Å². The molecule has 31 heavy (non-hydrogen) atoms. The summed E-state index contributed by atoms with van der Waals surface area (Å²) in [7, 11) is 5.52. The SMILES string of the molecule is COc1cccc(OC)c1C1=CC=CC(PC2CCCCC2)(PC2CCCCC2)[CH-]1.[Pd]. The summed E-state index contributed by atoms with van der Waals surface area (Å²) in [4.78, 5) is 0.222. The number of allylic oxidation sites excluding steroid dienone is 4. The largest absolute Gasteiger partial charge is 0.509 e. The maximum atomic E-state index is 5.75. The summed E-state index contributed by atoms with van der Waals surface area (Å²) in [5.41, 5.74) is 4.18. The molecule has 2 nitrogen and oxygen atoms in total. The van der Waals surface area contributed by atoms with Gasteiger partial charge in [-0.1, -0.05) is 50.7 Å². The molecule has 2 atom stereocenters. The van der Waals surface area contributed by atoms with Crippen LogP contribution < -0.4 is 9.47 Å². The van der Waals surface area contributed by atoms with Gasteiger partial charge in [-0.3, -0.25) is 0 Å². The van der Waals surface area contributed by atoms with Crippen molar-refractivity contribution < 1.29 is 29.9 Å². The number of hydrogen-bond acceptors (Lipinski definition) is 2. The molecule has 0 aliphatic heterocycles. The van der Waals surface area contributed by atoms with Gasteiger partial charge in [-0.15, -0.1) is 23.2 Å². The van der Waals surface area contributed by atoms with E-state index < -0.39 is 0 Å². The van der Waals surface area contributed by atoms with Crippen LogP contribution in [0.3, 0.4) is 0 Å². The Balaban J connectivity index is 0.00000272. The monoisotopic (exact) mass is 549 g/mol. The third-order valence-corrected chi connectivity index (χ3v) is 11.2. The zero-order valence-electron chi connectivity index (χ0n) is 18.9. The standard InChI is InChI=1S/C26H37O2P2.Pd/c1-27-23-16-9-17-24(28-2)25(23)20-11-10-18-26(19-20,29-21-12-5-3-6-13-21)30-22-14-7-4-8-15-22;/h9-11,16-19,21-22,29-30H,3-8,12-15H2,1-2H3;/q-1;. The molecule has 4 rings (SSSR count). The van der Waals surface area contributed by atoms with Crippen LogP contribution in [-0.4, -0.2) is 30.4 Å². The van der Waals surface area contributed by atoms with Crippen LogP contribution in [0.15, 0.2) is 36.4 Å². The van der Waals surface area contributed by atoms with Crippen LogP contribution in [0.1, 0.15) is 69.8 Å². The Morgan fingerprint density at radius 2 is 1.35 bits per heavy atom. The predicted octanol–water partition coefficient (Wildman–Crippen LogP) is 7.58. The van der Waals surface area contributed by atoms with Crippen LogP contribution in [0.2, 0.25) is 0 Å². The quantitative estimate of drug-likeness (QED) is 0.198. The van der Waals surface area contributed by atoms with Gasteiger partial charge < -0.3 is 9.47 Å². The molecule has 2 unspecified atom stereocenters. The van der Waals surface area contributed by atoms with Crippen LogP contribution in [0.5, 0.6) is 11.5 Å². The van der Waals surface area contributed by atoms with Crippen molar-refractivity contribution in [2.45, 2.75) is 80.4 Å². The molecule has 0 heterocycles. The van der Waals surface area contributed by atoms with Gasteiger partial charge in [-0.25, -0.2) is 0 Å². The fourth-order valence-electron chi connectivity index (χ4n) is 5.33. The van der Waals surface area contributed by atoms with Crippen LogP contribution in [0.4, 0.5) is 0 Å². The van der Waals surface area contributed by atoms with Crippen molar-refractivity contribution in [1.82, 2.24) is 0 Å². The third kappa shape index (κ3) is 6.39. The third-order valence-electron chi connectivity index (χ3n) is 6.83. The molecule has 3 aliphatic carbocycles. The van der Waals surface area contributed by atoms with Crippen LogP contribution in [0, 0.1) is 6.42 Å². The van der Waals surface area contributed by atoms with E-state index in [4.69, 9.17) is 9.47 Å². The van der Waals surface area contributed by atoms with Crippen LogP contribution in [-0.2, 0) is 20.4 Å². The zero-order chi connectivity index (χ0) is 20.8. The Labute approximate surface area is 206 Å². The Bertz CT molecular complexity index is 722. The molecular weight excluding hydrogens is 513 g/mol. The minimum Gasteiger partial charge on any atom is -0.509 e. The maximum Gasteiger partial charge on any atom is 0.0759 e. The van der Waals surface area contributed by atoms with Gasteiger partial charge in [0.2, 0.25) is 0 Å². The minimum atomic E-state index is 0. The average molecular weight is 550 g/mol. The van der Waals surface area contributed by atoms with Crippen LogP contribution >= 0.6 is 17.2 Å². The molecule has 1 aromatic carbocycles. The van der Waals surface area contributed by atoms with E-state index in [2.05, 4.69) is 36.8 Å². The summed E-state index contributed by atoms with van der Waals surface area (Å²) < 4.78 is 11.5. The Morgan fingerprint density at radius 3 is 1.84 bits per heavy atom. The summed E-state index contributed by atoms with van der Waals surface area (Å²) >= 11 is 0. The molecule has 0 amide bonds. The molecule has 1 aromatic rings. The fourth-order valence-corrected chi connectivity index (χ4v) is 10.5. The molecule has 0 saturated heterocycles. The second kappa shape index (κ2) is 12.2. The van der Waals surface area contributed by atoms with Gasteiger partial charge in [-0.05, 0) is 59.6 Å². The number of benzene rings is 1. The molecule has 174 valence electrons. The first kappa shape index (κ1) is 25.3. The second-order valence-electron chi connectivity index (χ2n) is 8.99. The van der Waals surface area contributed by atoms with Gasteiger partial charge in [0, 0.05) is 20.4 Å². The summed E-state index contributed by atoms with van der Waals surface area (Å²) in [6, 6.07) is 6.12. The number of ether oxygens (including phenoxy) is 2. The normalized spacial score (nSPS) is 25.4. The molecule has 0 aromatic heterocycles. The van der Waals surface area contributed by atoms with Gasteiger partial charge in [0.05, 0.1) is 25.7 Å². The molecule has 5 heteroatoms. The molecule has 0 radical (unpaired) electrons. The maximum absolute atomic E-state index is 5.75. The summed E-state index contributed by atoms with van der Waals surface area (Å²) in [5, 5.41) is 0. The van der Waals surface area contributed by atoms with Gasteiger partial charge in [0.25, 0.3) is 0 Å². The summed E-state index contributed by atoms with van der Waals surface area (Å²) in [5.74, 6) is 1.81. The van der Waals surface area contributed by atoms with Crippen molar-refractivity contribution in [3.63, 3.8) is 0 Å². The zero-order valence-corrected chi connectivity index (χ0v) is 22.5. The van der Waals surface area contributed by atoms with E-state index in [-0.39, 0.29) is 25.3 Å². The summed E-state index contributed by atoms with van der Waals surface area (Å²) in [6.45, 7) is 0. The number of methoxy groups -OCH3 is 2. The average Bonchev–Trinajstić information content (AvgIpc) is 2.79. The van der Waals surface area contributed by atoms with Crippen molar-refractivity contribution in [2.75, 3.05) is 14.2 Å². The van der Waals surface area contributed by atoms with E-state index in [0.29, 0.717) is 0 Å². The van der Waals surface area contributed by atoms with E-state index in [9.17, 15) is 0 Å². The summed E-state index contributed by atoms with van der Waals surface area (Å²) in [6.07, 6.45) is 24.0. The first-order chi connectivity index (χ1) is 14.7. The second-order valence-corrected chi connectivity index (χ2v) is 13.4.